The molecule has 0 aliphatic carbocycles. The second-order valence-electron chi connectivity index (χ2n) is 6.58. The van der Waals surface area contributed by atoms with Gasteiger partial charge >= 0.3 is 6.09 Å². The minimum Gasteiger partial charge on any atom is -0.444 e. The topological polar surface area (TPSA) is 59.5 Å². The highest BCUT2D eigenvalue weighted by Gasteiger charge is 2.34. The van der Waals surface area contributed by atoms with Crippen molar-refractivity contribution >= 4 is 38.4 Å². The molecule has 0 spiro atoms. The van der Waals surface area contributed by atoms with E-state index in [1.807, 2.05) is 45.0 Å². The maximum absolute atomic E-state index is 12.8. The Morgan fingerprint density at radius 3 is 2.83 bits per heavy atom. The third kappa shape index (κ3) is 3.72. The van der Waals surface area contributed by atoms with Crippen LogP contribution >= 0.6 is 11.3 Å². The minimum absolute atomic E-state index is 0.0805. The standard InChI is InChI=1S/C16H20N2O3S2/c1-16(2,3)21-15(19)18-9-8-11(10-18)23(20)14-17-12-6-4-5-7-13(12)22-14/h4-7,11H,8-10H2,1-3H3/t11-,23-/m0/s1. The molecule has 1 amide bonds. The molecule has 5 nitrogen and oxygen atoms in total. The second kappa shape index (κ2) is 6.20. The number of rotatable bonds is 2. The van der Waals surface area contributed by atoms with Gasteiger partial charge in [-0.2, -0.15) is 0 Å². The molecular formula is C16H20N2O3S2. The summed E-state index contributed by atoms with van der Waals surface area (Å²) < 4.78 is 19.8. The second-order valence-corrected chi connectivity index (χ2v) is 9.52. The average molecular weight is 352 g/mol. The molecule has 1 saturated heterocycles. The van der Waals surface area contributed by atoms with Crippen molar-refractivity contribution < 1.29 is 13.7 Å². The summed E-state index contributed by atoms with van der Waals surface area (Å²) in [6, 6.07) is 7.78. The van der Waals surface area contributed by atoms with Gasteiger partial charge in [0.25, 0.3) is 0 Å². The van der Waals surface area contributed by atoms with Gasteiger partial charge in [0, 0.05) is 13.1 Å². The highest BCUT2D eigenvalue weighted by Crippen LogP contribution is 2.28. The van der Waals surface area contributed by atoms with Crippen molar-refractivity contribution in [2.24, 2.45) is 0 Å². The Labute approximate surface area is 142 Å². The lowest BCUT2D eigenvalue weighted by Gasteiger charge is -2.24. The lowest BCUT2D eigenvalue weighted by atomic mass is 10.2. The number of hydrogen-bond donors (Lipinski definition) is 0. The molecule has 124 valence electrons. The Morgan fingerprint density at radius 1 is 1.39 bits per heavy atom. The van der Waals surface area contributed by atoms with E-state index in [2.05, 4.69) is 4.98 Å². The van der Waals surface area contributed by atoms with Crippen LogP contribution in [-0.2, 0) is 15.5 Å². The van der Waals surface area contributed by atoms with Crippen molar-refractivity contribution in [3.63, 3.8) is 0 Å². The smallest absolute Gasteiger partial charge is 0.410 e. The number of nitrogens with zero attached hydrogens (tertiary/aromatic N) is 2. The minimum atomic E-state index is -1.19. The van der Waals surface area contributed by atoms with Crippen LogP contribution in [0.2, 0.25) is 0 Å². The van der Waals surface area contributed by atoms with Gasteiger partial charge in [-0.25, -0.2) is 9.78 Å². The van der Waals surface area contributed by atoms with Gasteiger partial charge in [-0.3, -0.25) is 4.21 Å². The third-order valence-corrected chi connectivity index (χ3v) is 6.55. The van der Waals surface area contributed by atoms with E-state index in [0.29, 0.717) is 23.8 Å². The number of aromatic nitrogens is 1. The van der Waals surface area contributed by atoms with Crippen LogP contribution in [0.3, 0.4) is 0 Å². The van der Waals surface area contributed by atoms with E-state index >= 15 is 0 Å². The maximum Gasteiger partial charge on any atom is 0.410 e. The van der Waals surface area contributed by atoms with Crippen LogP contribution in [0.4, 0.5) is 4.79 Å². The summed E-state index contributed by atoms with van der Waals surface area (Å²) in [6.07, 6.45) is 0.378. The van der Waals surface area contributed by atoms with Gasteiger partial charge in [0.15, 0.2) is 4.34 Å². The predicted octanol–water partition coefficient (Wildman–Crippen LogP) is 3.41. The molecule has 3 rings (SSSR count). The van der Waals surface area contributed by atoms with Crippen molar-refractivity contribution in [2.45, 2.75) is 42.4 Å². The zero-order valence-corrected chi connectivity index (χ0v) is 15.1. The molecule has 2 aromatic rings. The average Bonchev–Trinajstić information content (AvgIpc) is 3.11. The summed E-state index contributed by atoms with van der Waals surface area (Å²) in [5, 5.41) is -0.0805. The van der Waals surface area contributed by atoms with Crippen molar-refractivity contribution in [3.05, 3.63) is 24.3 Å². The number of ether oxygens (including phenoxy) is 1. The SMILES string of the molecule is CC(C)(C)OC(=O)N1CC[C@H]([S@](=O)c2nc3ccccc3s2)C1. The molecular weight excluding hydrogens is 332 g/mol. The molecule has 0 saturated carbocycles. The Bertz CT molecular complexity index is 718. The van der Waals surface area contributed by atoms with Gasteiger partial charge in [-0.15, -0.1) is 11.3 Å². The van der Waals surface area contributed by atoms with Crippen molar-refractivity contribution in [2.75, 3.05) is 13.1 Å². The van der Waals surface area contributed by atoms with Crippen molar-refractivity contribution in [1.29, 1.82) is 0 Å². The quantitative estimate of drug-likeness (QED) is 0.831. The van der Waals surface area contributed by atoms with Crippen molar-refractivity contribution in [3.8, 4) is 0 Å². The van der Waals surface area contributed by atoms with E-state index in [-0.39, 0.29) is 11.3 Å². The van der Waals surface area contributed by atoms with Crippen LogP contribution in [0.1, 0.15) is 27.2 Å². The predicted molar refractivity (Wildman–Crippen MR) is 92.2 cm³/mol. The van der Waals surface area contributed by atoms with E-state index in [4.69, 9.17) is 4.74 Å². The van der Waals surface area contributed by atoms with E-state index < -0.39 is 16.4 Å². The first-order valence-electron chi connectivity index (χ1n) is 7.57. The van der Waals surface area contributed by atoms with Gasteiger partial charge in [0.1, 0.15) is 5.60 Å². The third-order valence-electron chi connectivity index (χ3n) is 3.55. The van der Waals surface area contributed by atoms with Gasteiger partial charge < -0.3 is 9.64 Å². The van der Waals surface area contributed by atoms with Crippen LogP contribution in [0, 0.1) is 0 Å². The number of para-hydroxylation sites is 1. The summed E-state index contributed by atoms with van der Waals surface area (Å²) in [5.74, 6) is 0. The number of benzene rings is 1. The number of fused-ring (bicyclic) bond motifs is 1. The van der Waals surface area contributed by atoms with E-state index in [0.717, 1.165) is 10.2 Å². The molecule has 0 bridgehead atoms. The summed E-state index contributed by atoms with van der Waals surface area (Å²) in [4.78, 5) is 18.2. The number of likely N-dealkylation sites (tertiary alicyclic amines) is 1. The zero-order chi connectivity index (χ0) is 16.6. The number of carbonyl (C=O) groups excluding carboxylic acids is 1. The monoisotopic (exact) mass is 352 g/mol. The maximum atomic E-state index is 12.8. The number of carbonyl (C=O) groups is 1. The van der Waals surface area contributed by atoms with E-state index in [1.165, 1.54) is 11.3 Å². The van der Waals surface area contributed by atoms with E-state index in [1.54, 1.807) is 4.90 Å². The zero-order valence-electron chi connectivity index (χ0n) is 13.4. The Hall–Kier alpha value is -1.47. The molecule has 0 unspecified atom stereocenters. The highest BCUT2D eigenvalue weighted by atomic mass is 32.2. The largest absolute Gasteiger partial charge is 0.444 e. The summed E-state index contributed by atoms with van der Waals surface area (Å²) in [7, 11) is -1.19. The summed E-state index contributed by atoms with van der Waals surface area (Å²) in [6.45, 7) is 6.57. The fourth-order valence-electron chi connectivity index (χ4n) is 2.47. The molecule has 2 atom stereocenters. The number of thiazole rings is 1. The van der Waals surface area contributed by atoms with Crippen LogP contribution in [0.15, 0.2) is 28.6 Å². The molecule has 2 heterocycles. The highest BCUT2D eigenvalue weighted by molar-refractivity contribution is 7.88. The van der Waals surface area contributed by atoms with Crippen LogP contribution in [0.5, 0.6) is 0 Å². The lowest BCUT2D eigenvalue weighted by Crippen LogP contribution is -2.36. The lowest BCUT2D eigenvalue weighted by molar-refractivity contribution is 0.0295. The Balaban J connectivity index is 1.68. The molecule has 1 fully saturated rings. The molecule has 7 heteroatoms. The molecule has 1 aromatic carbocycles. The fraction of sp³-hybridized carbons (Fsp3) is 0.500. The number of hydrogen-bond acceptors (Lipinski definition) is 5. The van der Waals surface area contributed by atoms with Crippen LogP contribution < -0.4 is 0 Å². The molecule has 1 aromatic heterocycles. The summed E-state index contributed by atoms with van der Waals surface area (Å²) in [5.41, 5.74) is 0.365. The van der Waals surface area contributed by atoms with Gasteiger partial charge in [0.2, 0.25) is 0 Å². The molecule has 1 aliphatic rings. The number of amides is 1. The first kappa shape index (κ1) is 16.4. The first-order chi connectivity index (χ1) is 10.8. The molecule has 0 N–H and O–H groups in total. The normalized spacial score (nSPS) is 20.0. The summed E-state index contributed by atoms with van der Waals surface area (Å²) >= 11 is 1.47. The first-order valence-corrected chi connectivity index (χ1v) is 9.60. The van der Waals surface area contributed by atoms with E-state index in [9.17, 15) is 9.00 Å². The van der Waals surface area contributed by atoms with Gasteiger partial charge in [-0.05, 0) is 39.3 Å². The van der Waals surface area contributed by atoms with Crippen LogP contribution in [-0.4, -0.2) is 44.1 Å². The Kier molecular flexibility index (Phi) is 4.42. The fourth-order valence-corrected chi connectivity index (χ4v) is 5.29. The van der Waals surface area contributed by atoms with Gasteiger partial charge in [0.05, 0.1) is 26.3 Å². The molecule has 0 radical (unpaired) electrons. The Morgan fingerprint density at radius 2 is 2.13 bits per heavy atom. The van der Waals surface area contributed by atoms with Gasteiger partial charge in [-0.1, -0.05) is 12.1 Å². The molecule has 23 heavy (non-hydrogen) atoms. The molecule has 1 aliphatic heterocycles. The van der Waals surface area contributed by atoms with Crippen LogP contribution in [0.25, 0.3) is 10.2 Å². The van der Waals surface area contributed by atoms with Crippen molar-refractivity contribution in [1.82, 2.24) is 9.88 Å².